The van der Waals surface area contributed by atoms with Gasteiger partial charge in [0, 0.05) is 19.6 Å². The Morgan fingerprint density at radius 2 is 1.62 bits per heavy atom. The third-order valence-electron chi connectivity index (χ3n) is 7.57. The van der Waals surface area contributed by atoms with Crippen LogP contribution in [0.25, 0.3) is 5.65 Å². The molecule has 0 amide bonds. The van der Waals surface area contributed by atoms with E-state index in [-0.39, 0.29) is 42.2 Å². The number of ether oxygens (including phenoxy) is 1. The van der Waals surface area contributed by atoms with Crippen molar-refractivity contribution < 1.29 is 14.6 Å². The number of hydrogen-bond donors (Lipinski definition) is 2. The van der Waals surface area contributed by atoms with Gasteiger partial charge in [0.05, 0.1) is 11.8 Å². The summed E-state index contributed by atoms with van der Waals surface area (Å²) in [5.41, 5.74) is 1.99. The first kappa shape index (κ1) is 33.6. The van der Waals surface area contributed by atoms with E-state index in [9.17, 15) is 9.90 Å². The van der Waals surface area contributed by atoms with Crippen molar-refractivity contribution in [3.8, 4) is 0 Å². The van der Waals surface area contributed by atoms with Crippen LogP contribution in [-0.2, 0) is 14.9 Å². The van der Waals surface area contributed by atoms with Gasteiger partial charge in [-0.15, -0.1) is 29.9 Å². The number of piperidine rings is 1. The Labute approximate surface area is 264 Å². The minimum atomic E-state index is -1.21. The number of carboxylic acid groups (broad SMARTS) is 1. The number of aromatic nitrogens is 3. The van der Waals surface area contributed by atoms with E-state index in [1.165, 1.54) is 15.6 Å². The molecule has 3 heterocycles. The van der Waals surface area contributed by atoms with Crippen molar-refractivity contribution in [2.45, 2.75) is 50.7 Å². The Morgan fingerprint density at radius 1 is 1.02 bits per heavy atom. The first-order chi connectivity index (χ1) is 19.3. The Balaban J connectivity index is 0.00000242. The molecule has 42 heavy (non-hydrogen) atoms. The van der Waals surface area contributed by atoms with Crippen molar-refractivity contribution in [2.24, 2.45) is 0 Å². The number of anilines is 1. The number of aliphatic carboxylic acids is 1. The van der Waals surface area contributed by atoms with Crippen molar-refractivity contribution in [3.63, 3.8) is 0 Å². The lowest BCUT2D eigenvalue weighted by molar-refractivity contribution is -0.142. The highest BCUT2D eigenvalue weighted by Gasteiger charge is 2.35. The van der Waals surface area contributed by atoms with Crippen LogP contribution in [0.1, 0.15) is 56.0 Å². The van der Waals surface area contributed by atoms with Crippen molar-refractivity contribution in [1.82, 2.24) is 19.5 Å². The molecule has 2 aromatic carbocycles. The third-order valence-corrected chi connectivity index (χ3v) is 7.91. The topological polar surface area (TPSA) is 92.0 Å². The zero-order chi connectivity index (χ0) is 28.1. The molecule has 2 aromatic heterocycles. The third kappa shape index (κ3) is 7.74. The van der Waals surface area contributed by atoms with E-state index >= 15 is 0 Å². The SMILES string of the molecule is CC(C)(C(=O)O)c1nc2ccc(NCCCN3CCC(OC(c4ccccc4)c4ccccc4)CC3)nn2c1Cl.Cl.Cl. The Hall–Kier alpha value is -2.88. The van der Waals surface area contributed by atoms with Crippen LogP contribution in [0.5, 0.6) is 0 Å². The van der Waals surface area contributed by atoms with Gasteiger partial charge in [-0.1, -0.05) is 72.3 Å². The van der Waals surface area contributed by atoms with Crippen LogP contribution >= 0.6 is 36.4 Å². The lowest BCUT2D eigenvalue weighted by Crippen LogP contribution is -2.38. The van der Waals surface area contributed by atoms with Crippen LogP contribution in [0.2, 0.25) is 5.15 Å². The predicted molar refractivity (Wildman–Crippen MR) is 172 cm³/mol. The quantitative estimate of drug-likeness (QED) is 0.178. The van der Waals surface area contributed by atoms with Gasteiger partial charge in [-0.3, -0.25) is 4.79 Å². The van der Waals surface area contributed by atoms with Gasteiger partial charge in [0.1, 0.15) is 17.3 Å². The van der Waals surface area contributed by atoms with Gasteiger partial charge in [0.25, 0.3) is 0 Å². The second kappa shape index (κ2) is 15.0. The minimum absolute atomic E-state index is 0. The first-order valence-corrected chi connectivity index (χ1v) is 14.2. The second-order valence-electron chi connectivity index (χ2n) is 10.8. The maximum atomic E-state index is 11.7. The number of halogens is 3. The monoisotopic (exact) mass is 633 g/mol. The van der Waals surface area contributed by atoms with Crippen LogP contribution in [0.3, 0.4) is 0 Å². The maximum absolute atomic E-state index is 11.7. The maximum Gasteiger partial charge on any atom is 0.315 e. The van der Waals surface area contributed by atoms with Crippen molar-refractivity contribution in [1.29, 1.82) is 0 Å². The van der Waals surface area contributed by atoms with Gasteiger partial charge >= 0.3 is 5.97 Å². The van der Waals surface area contributed by atoms with Gasteiger partial charge in [-0.05, 0) is 62.9 Å². The molecule has 8 nitrogen and oxygen atoms in total. The molecule has 4 aromatic rings. The van der Waals surface area contributed by atoms with Crippen LogP contribution in [0.4, 0.5) is 5.82 Å². The standard InChI is InChI=1S/C31H36ClN5O3.2ClH/c1-31(2,30(38)39)28-29(32)37-26(34-28)15-14-25(35-37)33-18-9-19-36-20-16-24(17-21-36)40-27(22-10-5-3-6-11-22)23-12-7-4-8-13-23;;/h3-8,10-15,24,27H,9,16-21H2,1-2H3,(H,33,35)(H,38,39);2*1H. The van der Waals surface area contributed by atoms with Crippen molar-refractivity contribution >= 4 is 53.8 Å². The van der Waals surface area contributed by atoms with E-state index in [2.05, 4.69) is 68.8 Å². The minimum Gasteiger partial charge on any atom is -0.481 e. The molecule has 0 unspecified atom stereocenters. The highest BCUT2D eigenvalue weighted by molar-refractivity contribution is 6.30. The fourth-order valence-electron chi connectivity index (χ4n) is 5.09. The fraction of sp³-hybridized carbons (Fsp3) is 0.387. The number of likely N-dealkylation sites (tertiary alicyclic amines) is 1. The van der Waals surface area contributed by atoms with Gasteiger partial charge in [0.15, 0.2) is 10.8 Å². The molecule has 0 aliphatic carbocycles. The first-order valence-electron chi connectivity index (χ1n) is 13.8. The summed E-state index contributed by atoms with van der Waals surface area (Å²) >= 11 is 6.46. The normalized spacial score (nSPS) is 14.4. The summed E-state index contributed by atoms with van der Waals surface area (Å²) < 4.78 is 8.17. The van der Waals surface area contributed by atoms with E-state index in [4.69, 9.17) is 16.3 Å². The molecule has 0 bridgehead atoms. The van der Waals surface area contributed by atoms with Gasteiger partial charge in [-0.25, -0.2) is 9.50 Å². The van der Waals surface area contributed by atoms with E-state index in [1.54, 1.807) is 19.9 Å². The smallest absolute Gasteiger partial charge is 0.315 e. The van der Waals surface area contributed by atoms with Gasteiger partial charge < -0.3 is 20.1 Å². The lowest BCUT2D eigenvalue weighted by atomic mass is 9.90. The molecule has 5 rings (SSSR count). The molecule has 0 radical (unpaired) electrons. The predicted octanol–water partition coefficient (Wildman–Crippen LogP) is 6.66. The number of hydrogen-bond acceptors (Lipinski definition) is 6. The molecular weight excluding hydrogens is 597 g/mol. The zero-order valence-electron chi connectivity index (χ0n) is 23.8. The Morgan fingerprint density at radius 3 is 2.19 bits per heavy atom. The summed E-state index contributed by atoms with van der Waals surface area (Å²) in [5.74, 6) is -0.314. The van der Waals surface area contributed by atoms with Crippen LogP contribution in [-0.4, -0.2) is 62.9 Å². The van der Waals surface area contributed by atoms with Gasteiger partial charge in [0.2, 0.25) is 0 Å². The molecule has 226 valence electrons. The zero-order valence-corrected chi connectivity index (χ0v) is 26.2. The average molecular weight is 635 g/mol. The number of nitrogens with zero attached hydrogens (tertiary/aromatic N) is 4. The number of imidazole rings is 1. The Kier molecular flexibility index (Phi) is 12.0. The average Bonchev–Trinajstić information content (AvgIpc) is 3.32. The number of fused-ring (bicyclic) bond motifs is 1. The van der Waals surface area contributed by atoms with Crippen LogP contribution < -0.4 is 5.32 Å². The summed E-state index contributed by atoms with van der Waals surface area (Å²) in [6.07, 6.45) is 3.16. The molecule has 1 aliphatic rings. The molecule has 2 N–H and O–H groups in total. The molecule has 1 saturated heterocycles. The van der Waals surface area contributed by atoms with Crippen molar-refractivity contribution in [3.05, 3.63) is 94.8 Å². The van der Waals surface area contributed by atoms with Crippen molar-refractivity contribution in [2.75, 3.05) is 31.5 Å². The summed E-state index contributed by atoms with van der Waals surface area (Å²) in [7, 11) is 0. The summed E-state index contributed by atoms with van der Waals surface area (Å²) in [4.78, 5) is 18.5. The summed E-state index contributed by atoms with van der Waals surface area (Å²) in [5, 5.41) is 17.7. The largest absolute Gasteiger partial charge is 0.481 e. The van der Waals surface area contributed by atoms with Gasteiger partial charge in [-0.2, -0.15) is 0 Å². The van der Waals surface area contributed by atoms with Crippen LogP contribution in [0, 0.1) is 0 Å². The fourth-order valence-corrected chi connectivity index (χ4v) is 5.49. The highest BCUT2D eigenvalue weighted by atomic mass is 35.5. The van der Waals surface area contributed by atoms with E-state index in [0.717, 1.165) is 45.4 Å². The lowest BCUT2D eigenvalue weighted by Gasteiger charge is -2.34. The molecule has 11 heteroatoms. The van der Waals surface area contributed by atoms with E-state index in [0.29, 0.717) is 17.2 Å². The van der Waals surface area contributed by atoms with E-state index in [1.807, 2.05) is 18.2 Å². The highest BCUT2D eigenvalue weighted by Crippen LogP contribution is 2.31. The molecular formula is C31H38Cl3N5O3. The summed E-state index contributed by atoms with van der Waals surface area (Å²) in [6.45, 7) is 6.95. The molecule has 0 saturated carbocycles. The van der Waals surface area contributed by atoms with E-state index < -0.39 is 11.4 Å². The van der Waals surface area contributed by atoms with Crippen LogP contribution in [0.15, 0.2) is 72.8 Å². The molecule has 0 spiro atoms. The summed E-state index contributed by atoms with van der Waals surface area (Å²) in [6, 6.07) is 24.6. The Bertz CT molecular complexity index is 1390. The second-order valence-corrected chi connectivity index (χ2v) is 11.2. The number of nitrogens with one attached hydrogen (secondary N) is 1. The molecule has 1 aliphatic heterocycles. The number of rotatable bonds is 11. The number of carbonyl (C=O) groups is 1. The number of benzene rings is 2. The molecule has 0 atom stereocenters. The molecule has 1 fully saturated rings. The number of carboxylic acids is 1.